The summed E-state index contributed by atoms with van der Waals surface area (Å²) in [6.45, 7) is 3.98. The third kappa shape index (κ3) is 5.90. The molecule has 1 N–H and O–H groups in total. The summed E-state index contributed by atoms with van der Waals surface area (Å²) in [6.07, 6.45) is -4.55. The number of nitrogens with one attached hydrogen (secondary N) is 1. The summed E-state index contributed by atoms with van der Waals surface area (Å²) in [5.41, 5.74) is 0.303. The lowest BCUT2D eigenvalue weighted by Gasteiger charge is -2.35. The molecule has 4 rings (SSSR count). The predicted molar refractivity (Wildman–Crippen MR) is 130 cm³/mol. The molecule has 0 aliphatic carbocycles. The van der Waals surface area contributed by atoms with Gasteiger partial charge in [0, 0.05) is 57.9 Å². The van der Waals surface area contributed by atoms with Gasteiger partial charge in [0.2, 0.25) is 5.95 Å². The van der Waals surface area contributed by atoms with Crippen molar-refractivity contribution < 1.29 is 13.2 Å². The molecule has 0 unspecified atom stereocenters. The molecule has 1 saturated heterocycles. The predicted octanol–water partition coefficient (Wildman–Crippen LogP) is 5.28. The van der Waals surface area contributed by atoms with Gasteiger partial charge < -0.3 is 15.1 Å². The van der Waals surface area contributed by atoms with Gasteiger partial charge in [-0.15, -0.1) is 0 Å². The van der Waals surface area contributed by atoms with Crippen LogP contribution in [0.1, 0.15) is 11.1 Å². The van der Waals surface area contributed by atoms with Gasteiger partial charge in [0.05, 0.1) is 11.3 Å². The van der Waals surface area contributed by atoms with E-state index in [0.717, 1.165) is 38.8 Å². The minimum absolute atomic E-state index is 0.0172. The summed E-state index contributed by atoms with van der Waals surface area (Å²) in [7, 11) is 3.66. The van der Waals surface area contributed by atoms with E-state index in [-0.39, 0.29) is 16.5 Å². The average Bonchev–Trinajstić information content (AvgIpc) is 2.80. The van der Waals surface area contributed by atoms with Gasteiger partial charge in [-0.3, -0.25) is 4.90 Å². The summed E-state index contributed by atoms with van der Waals surface area (Å²) in [4.78, 5) is 15.4. The van der Waals surface area contributed by atoms with Crippen molar-refractivity contribution in [2.24, 2.45) is 0 Å². The fraction of sp³-hybridized carbons (Fsp3) is 0.333. The van der Waals surface area contributed by atoms with Gasteiger partial charge in [-0.1, -0.05) is 41.9 Å². The highest BCUT2D eigenvalue weighted by molar-refractivity contribution is 6.30. The van der Waals surface area contributed by atoms with Crippen LogP contribution in [0.5, 0.6) is 0 Å². The minimum Gasteiger partial charge on any atom is -0.363 e. The highest BCUT2D eigenvalue weighted by Gasteiger charge is 2.34. The van der Waals surface area contributed by atoms with E-state index >= 15 is 0 Å². The molecule has 2 aromatic carbocycles. The van der Waals surface area contributed by atoms with Crippen molar-refractivity contribution in [3.05, 3.63) is 70.7 Å². The summed E-state index contributed by atoms with van der Waals surface area (Å²) < 4.78 is 40.6. The molecule has 1 aliphatic rings. The maximum Gasteiger partial charge on any atom is 0.418 e. The smallest absolute Gasteiger partial charge is 0.363 e. The molecule has 10 heteroatoms. The lowest BCUT2D eigenvalue weighted by Crippen LogP contribution is -2.46. The lowest BCUT2D eigenvalue weighted by atomic mass is 10.1. The maximum atomic E-state index is 13.5. The highest BCUT2D eigenvalue weighted by atomic mass is 35.5. The highest BCUT2D eigenvalue weighted by Crippen LogP contribution is 2.38. The normalized spacial score (nSPS) is 14.8. The Morgan fingerprint density at radius 3 is 2.32 bits per heavy atom. The Hall–Kier alpha value is -3.04. The summed E-state index contributed by atoms with van der Waals surface area (Å²) in [6, 6.07) is 15.6. The van der Waals surface area contributed by atoms with Crippen LogP contribution in [-0.4, -0.2) is 55.1 Å². The molecule has 6 nitrogen and oxygen atoms in total. The minimum atomic E-state index is -4.55. The molecular weight excluding hydrogens is 465 g/mol. The number of hydrogen-bond donors (Lipinski definition) is 1. The number of piperazine rings is 1. The van der Waals surface area contributed by atoms with E-state index in [0.29, 0.717) is 11.8 Å². The second-order valence-corrected chi connectivity index (χ2v) is 8.80. The molecule has 34 heavy (non-hydrogen) atoms. The van der Waals surface area contributed by atoms with Crippen LogP contribution >= 0.6 is 11.6 Å². The molecule has 3 aromatic rings. The van der Waals surface area contributed by atoms with Gasteiger partial charge in [-0.2, -0.15) is 23.1 Å². The van der Waals surface area contributed by atoms with E-state index in [9.17, 15) is 13.2 Å². The van der Waals surface area contributed by atoms with Crippen LogP contribution in [0.25, 0.3) is 0 Å². The fourth-order valence-electron chi connectivity index (χ4n) is 3.80. The number of aromatic nitrogens is 2. The zero-order valence-electron chi connectivity index (χ0n) is 19.0. The standard InChI is InChI=1S/C24H26ClF3N6/c1-32(2)22-15-21(29-20-9-8-18(25)14-19(20)24(26,27)28)30-23(31-22)34-12-10-33(11-13-34)16-17-6-4-3-5-7-17/h3-9,14-15H,10-13,16H2,1-2H3,(H,29,30,31). The van der Waals surface area contributed by atoms with Crippen molar-refractivity contribution >= 4 is 34.9 Å². The first-order valence-electron chi connectivity index (χ1n) is 10.9. The average molecular weight is 491 g/mol. The first kappa shape index (κ1) is 24.1. The number of anilines is 4. The summed E-state index contributed by atoms with van der Waals surface area (Å²) in [5, 5.41) is 2.85. The molecule has 0 amide bonds. The van der Waals surface area contributed by atoms with Crippen LogP contribution < -0.4 is 15.1 Å². The van der Waals surface area contributed by atoms with E-state index in [1.165, 1.54) is 17.7 Å². The molecule has 2 heterocycles. The molecule has 0 atom stereocenters. The monoisotopic (exact) mass is 490 g/mol. The van der Waals surface area contributed by atoms with Gasteiger partial charge >= 0.3 is 6.18 Å². The number of hydrogen-bond acceptors (Lipinski definition) is 6. The second-order valence-electron chi connectivity index (χ2n) is 8.37. The van der Waals surface area contributed by atoms with Crippen molar-refractivity contribution in [2.75, 3.05) is 55.4 Å². The van der Waals surface area contributed by atoms with E-state index in [1.54, 1.807) is 11.0 Å². The maximum absolute atomic E-state index is 13.5. The number of alkyl halides is 3. The van der Waals surface area contributed by atoms with Gasteiger partial charge in [-0.05, 0) is 23.8 Å². The number of benzene rings is 2. The molecule has 1 aliphatic heterocycles. The Bertz CT molecular complexity index is 1120. The first-order chi connectivity index (χ1) is 16.2. The van der Waals surface area contributed by atoms with E-state index in [2.05, 4.69) is 37.2 Å². The zero-order valence-corrected chi connectivity index (χ0v) is 19.7. The van der Waals surface area contributed by atoms with Crippen molar-refractivity contribution in [1.29, 1.82) is 0 Å². The van der Waals surface area contributed by atoms with Crippen LogP contribution in [0.15, 0.2) is 54.6 Å². The first-order valence-corrected chi connectivity index (χ1v) is 11.3. The molecule has 0 spiro atoms. The molecule has 0 bridgehead atoms. The molecular formula is C24H26ClF3N6. The molecule has 0 radical (unpaired) electrons. The fourth-order valence-corrected chi connectivity index (χ4v) is 3.97. The third-order valence-corrected chi connectivity index (χ3v) is 5.85. The summed E-state index contributed by atoms with van der Waals surface area (Å²) >= 11 is 5.81. The van der Waals surface area contributed by atoms with Crippen LogP contribution in [0.3, 0.4) is 0 Å². The van der Waals surface area contributed by atoms with Crippen LogP contribution in [0.4, 0.5) is 36.4 Å². The quantitative estimate of drug-likeness (QED) is 0.507. The third-order valence-electron chi connectivity index (χ3n) is 5.61. The Kier molecular flexibility index (Phi) is 7.13. The largest absolute Gasteiger partial charge is 0.418 e. The number of rotatable bonds is 6. The van der Waals surface area contributed by atoms with Crippen LogP contribution in [0, 0.1) is 0 Å². The van der Waals surface area contributed by atoms with Crippen molar-refractivity contribution in [1.82, 2.24) is 14.9 Å². The Balaban J connectivity index is 1.54. The van der Waals surface area contributed by atoms with Gasteiger partial charge in [-0.25, -0.2) is 0 Å². The van der Waals surface area contributed by atoms with Gasteiger partial charge in [0.15, 0.2) is 0 Å². The Morgan fingerprint density at radius 1 is 0.971 bits per heavy atom. The second kappa shape index (κ2) is 10.1. The number of halogens is 4. The SMILES string of the molecule is CN(C)c1cc(Nc2ccc(Cl)cc2C(F)(F)F)nc(N2CCN(Cc3ccccc3)CC2)n1. The van der Waals surface area contributed by atoms with Gasteiger partial charge in [0.1, 0.15) is 11.6 Å². The van der Waals surface area contributed by atoms with Crippen molar-refractivity contribution in [2.45, 2.75) is 12.7 Å². The van der Waals surface area contributed by atoms with E-state index in [4.69, 9.17) is 11.6 Å². The lowest BCUT2D eigenvalue weighted by molar-refractivity contribution is -0.136. The van der Waals surface area contributed by atoms with Crippen molar-refractivity contribution in [3.63, 3.8) is 0 Å². The molecule has 0 saturated carbocycles. The van der Waals surface area contributed by atoms with E-state index < -0.39 is 11.7 Å². The zero-order chi connectivity index (χ0) is 24.3. The molecule has 1 fully saturated rings. The Labute approximate surface area is 202 Å². The van der Waals surface area contributed by atoms with Crippen LogP contribution in [0.2, 0.25) is 5.02 Å². The van der Waals surface area contributed by atoms with Crippen molar-refractivity contribution in [3.8, 4) is 0 Å². The van der Waals surface area contributed by atoms with Gasteiger partial charge in [0.25, 0.3) is 0 Å². The topological polar surface area (TPSA) is 47.5 Å². The van der Waals surface area contributed by atoms with Crippen LogP contribution in [-0.2, 0) is 12.7 Å². The Morgan fingerprint density at radius 2 is 1.68 bits per heavy atom. The molecule has 180 valence electrons. The summed E-state index contributed by atoms with van der Waals surface area (Å²) in [5.74, 6) is 1.37. The number of nitrogens with zero attached hydrogens (tertiary/aromatic N) is 5. The van der Waals surface area contributed by atoms with E-state index in [1.807, 2.05) is 32.3 Å². The molecule has 1 aromatic heterocycles.